The third kappa shape index (κ3) is 6.92. The van der Waals surface area contributed by atoms with Crippen LogP contribution in [-0.2, 0) is 4.79 Å². The molecule has 0 fully saturated rings. The van der Waals surface area contributed by atoms with Gasteiger partial charge in [-0.15, -0.1) is 0 Å². The molecule has 0 bridgehead atoms. The molecule has 5 N–H and O–H groups in total. The highest BCUT2D eigenvalue weighted by Gasteiger charge is 2.24. The van der Waals surface area contributed by atoms with E-state index >= 15 is 0 Å². The summed E-state index contributed by atoms with van der Waals surface area (Å²) in [7, 11) is 0. The van der Waals surface area contributed by atoms with Gasteiger partial charge in [0, 0.05) is 17.2 Å². The van der Waals surface area contributed by atoms with Gasteiger partial charge in [0.15, 0.2) is 0 Å². The van der Waals surface area contributed by atoms with E-state index < -0.39 is 23.9 Å². The van der Waals surface area contributed by atoms with Crippen molar-refractivity contribution in [1.82, 2.24) is 10.8 Å². The Morgan fingerprint density at radius 2 is 1.84 bits per heavy atom. The van der Waals surface area contributed by atoms with Gasteiger partial charge in [-0.3, -0.25) is 14.8 Å². The lowest BCUT2D eigenvalue weighted by Gasteiger charge is -2.19. The van der Waals surface area contributed by atoms with Gasteiger partial charge >= 0.3 is 0 Å². The summed E-state index contributed by atoms with van der Waals surface area (Å²) in [4.78, 5) is 23.7. The first-order valence-corrected chi connectivity index (χ1v) is 7.60. The van der Waals surface area contributed by atoms with Gasteiger partial charge in [-0.2, -0.15) is 0 Å². The fourth-order valence-electron chi connectivity index (χ4n) is 1.75. The van der Waals surface area contributed by atoms with Gasteiger partial charge in [-0.25, -0.2) is 5.48 Å². The summed E-state index contributed by atoms with van der Waals surface area (Å²) in [6.07, 6.45) is 1.78. The van der Waals surface area contributed by atoms with Crippen molar-refractivity contribution in [2.75, 3.05) is 0 Å². The van der Waals surface area contributed by atoms with Crippen LogP contribution in [0.25, 0.3) is 0 Å². The van der Waals surface area contributed by atoms with E-state index in [-0.39, 0.29) is 0 Å². The number of carbonyl (C=O) groups excluding carboxylic acids is 2. The van der Waals surface area contributed by atoms with Gasteiger partial charge in [0.1, 0.15) is 6.04 Å². The number of hydrogen-bond acceptors (Lipinski definition) is 4. The van der Waals surface area contributed by atoms with E-state index in [2.05, 4.69) is 29.0 Å². The number of benzene rings is 1. The molecule has 0 spiro atoms. The first kappa shape index (κ1) is 20.0. The molecule has 130 valence electrons. The van der Waals surface area contributed by atoms with Gasteiger partial charge in [-0.05, 0) is 63.0 Å². The number of nitrogens with one attached hydrogen (secondary N) is 2. The predicted octanol–water partition coefficient (Wildman–Crippen LogP) is 0.959. The van der Waals surface area contributed by atoms with Gasteiger partial charge in [0.25, 0.3) is 11.8 Å². The number of amides is 2. The SMILES string of the molecule is CC(C)=CC#CC#Cc1ccc(C(=O)N[C@H](C(=O)NO)[C@@H](C)N)cc1. The van der Waals surface area contributed by atoms with Crippen LogP contribution >= 0.6 is 0 Å². The highest BCUT2D eigenvalue weighted by Crippen LogP contribution is 2.04. The van der Waals surface area contributed by atoms with Crippen LogP contribution in [0.3, 0.4) is 0 Å². The molecule has 2 atom stereocenters. The highest BCUT2D eigenvalue weighted by atomic mass is 16.5. The maximum Gasteiger partial charge on any atom is 0.267 e. The molecule has 0 aliphatic rings. The minimum absolute atomic E-state index is 0.345. The fourth-order valence-corrected chi connectivity index (χ4v) is 1.75. The summed E-state index contributed by atoms with van der Waals surface area (Å²) in [5.74, 6) is 9.86. The molecule has 1 rings (SSSR count). The maximum absolute atomic E-state index is 12.2. The zero-order valence-corrected chi connectivity index (χ0v) is 14.4. The van der Waals surface area contributed by atoms with Crippen LogP contribution in [0.4, 0.5) is 0 Å². The topological polar surface area (TPSA) is 104 Å². The van der Waals surface area contributed by atoms with E-state index in [1.54, 1.807) is 37.3 Å². The summed E-state index contributed by atoms with van der Waals surface area (Å²) in [6.45, 7) is 5.45. The Balaban J connectivity index is 2.80. The third-order valence-corrected chi connectivity index (χ3v) is 3.05. The van der Waals surface area contributed by atoms with Crippen LogP contribution in [0.15, 0.2) is 35.9 Å². The quantitative estimate of drug-likeness (QED) is 0.372. The summed E-state index contributed by atoms with van der Waals surface area (Å²) >= 11 is 0. The Labute approximate surface area is 147 Å². The van der Waals surface area contributed by atoms with Crippen molar-refractivity contribution >= 4 is 11.8 Å². The molecule has 0 unspecified atom stereocenters. The van der Waals surface area contributed by atoms with Crippen LogP contribution in [0, 0.1) is 23.7 Å². The van der Waals surface area contributed by atoms with E-state index in [0.717, 1.165) is 5.57 Å². The third-order valence-electron chi connectivity index (χ3n) is 3.05. The van der Waals surface area contributed by atoms with E-state index in [0.29, 0.717) is 11.1 Å². The number of carbonyl (C=O) groups is 2. The Morgan fingerprint density at radius 3 is 2.36 bits per heavy atom. The lowest BCUT2D eigenvalue weighted by atomic mass is 10.1. The Hall–Kier alpha value is -3.06. The molecule has 6 nitrogen and oxygen atoms in total. The summed E-state index contributed by atoms with van der Waals surface area (Å²) in [6, 6.07) is 4.81. The minimum atomic E-state index is -1.04. The molecule has 0 radical (unpaired) electrons. The van der Waals surface area contributed by atoms with Gasteiger partial charge in [-0.1, -0.05) is 17.4 Å². The molecule has 0 aliphatic heterocycles. The number of allylic oxidation sites excluding steroid dienone is 2. The highest BCUT2D eigenvalue weighted by molar-refractivity contribution is 5.97. The molecule has 0 saturated heterocycles. The van der Waals surface area contributed by atoms with Crippen molar-refractivity contribution in [2.45, 2.75) is 32.9 Å². The van der Waals surface area contributed by atoms with Gasteiger partial charge in [0.05, 0.1) is 0 Å². The standard InChI is InChI=1S/C19H21N3O3/c1-13(2)7-5-4-6-8-15-9-11-16(12-10-15)18(23)21-17(14(3)20)19(24)22-25/h7,9-12,14,17,25H,20H2,1-3H3,(H,21,23)(H,22,24)/t14-,17+/m1/s1. The lowest BCUT2D eigenvalue weighted by Crippen LogP contribution is -2.54. The second kappa shape index (κ2) is 9.94. The van der Waals surface area contributed by atoms with Crippen LogP contribution < -0.4 is 16.5 Å². The van der Waals surface area contributed by atoms with E-state index in [1.165, 1.54) is 5.48 Å². The van der Waals surface area contributed by atoms with E-state index in [1.807, 2.05) is 13.8 Å². The monoisotopic (exact) mass is 339 g/mol. The molecular weight excluding hydrogens is 318 g/mol. The molecule has 2 amide bonds. The van der Waals surface area contributed by atoms with Crippen molar-refractivity contribution in [1.29, 1.82) is 0 Å². The van der Waals surface area contributed by atoms with Crippen molar-refractivity contribution < 1.29 is 14.8 Å². The maximum atomic E-state index is 12.2. The van der Waals surface area contributed by atoms with Crippen LogP contribution in [0.1, 0.15) is 36.7 Å². The van der Waals surface area contributed by atoms with E-state index in [9.17, 15) is 9.59 Å². The number of hydrogen-bond donors (Lipinski definition) is 4. The number of hydroxylamine groups is 1. The molecule has 0 saturated carbocycles. The molecule has 0 heterocycles. The molecule has 25 heavy (non-hydrogen) atoms. The smallest absolute Gasteiger partial charge is 0.267 e. The molecular formula is C19H21N3O3. The number of nitrogens with two attached hydrogens (primary N) is 1. The Bertz CT molecular complexity index is 768. The average molecular weight is 339 g/mol. The molecule has 0 aromatic heterocycles. The normalized spacial score (nSPS) is 11.6. The van der Waals surface area contributed by atoms with Crippen LogP contribution in [0.5, 0.6) is 0 Å². The fraction of sp³-hybridized carbons (Fsp3) is 0.263. The van der Waals surface area contributed by atoms with E-state index in [4.69, 9.17) is 10.9 Å². The second-order valence-electron chi connectivity index (χ2n) is 5.60. The zero-order chi connectivity index (χ0) is 18.8. The van der Waals surface area contributed by atoms with Crippen molar-refractivity contribution in [3.63, 3.8) is 0 Å². The van der Waals surface area contributed by atoms with Crippen molar-refractivity contribution in [2.24, 2.45) is 5.73 Å². The second-order valence-corrected chi connectivity index (χ2v) is 5.60. The molecule has 1 aromatic rings. The molecule has 1 aromatic carbocycles. The average Bonchev–Trinajstić information content (AvgIpc) is 2.58. The number of rotatable bonds is 4. The first-order chi connectivity index (χ1) is 11.8. The Kier molecular flexibility index (Phi) is 7.95. The molecule has 0 aliphatic carbocycles. The lowest BCUT2D eigenvalue weighted by molar-refractivity contribution is -0.131. The summed E-state index contributed by atoms with van der Waals surface area (Å²) in [5, 5.41) is 11.2. The first-order valence-electron chi connectivity index (χ1n) is 7.60. The molecule has 6 heteroatoms. The van der Waals surface area contributed by atoms with Crippen molar-refractivity contribution in [3.8, 4) is 23.7 Å². The summed E-state index contributed by atoms with van der Waals surface area (Å²) in [5.41, 5.74) is 9.28. The minimum Gasteiger partial charge on any atom is -0.339 e. The van der Waals surface area contributed by atoms with Gasteiger partial charge in [0.2, 0.25) is 0 Å². The Morgan fingerprint density at radius 1 is 1.20 bits per heavy atom. The predicted molar refractivity (Wildman–Crippen MR) is 95.4 cm³/mol. The van der Waals surface area contributed by atoms with Crippen molar-refractivity contribution in [3.05, 3.63) is 47.0 Å². The largest absolute Gasteiger partial charge is 0.339 e. The zero-order valence-electron chi connectivity index (χ0n) is 14.4. The van der Waals surface area contributed by atoms with Crippen LogP contribution in [-0.4, -0.2) is 29.1 Å². The van der Waals surface area contributed by atoms with Gasteiger partial charge < -0.3 is 11.1 Å². The summed E-state index contributed by atoms with van der Waals surface area (Å²) < 4.78 is 0. The van der Waals surface area contributed by atoms with Crippen LogP contribution in [0.2, 0.25) is 0 Å².